The predicted molar refractivity (Wildman–Crippen MR) is 75.5 cm³/mol. The minimum absolute atomic E-state index is 0.259. The van der Waals surface area contributed by atoms with Gasteiger partial charge in [-0.2, -0.15) is 4.98 Å². The SMILES string of the molecule is c1ccc2c(c1)CCCC2c1noc(C2CCCN2)n1. The molecule has 0 amide bonds. The van der Waals surface area contributed by atoms with E-state index in [-0.39, 0.29) is 6.04 Å². The molecule has 4 nitrogen and oxygen atoms in total. The summed E-state index contributed by atoms with van der Waals surface area (Å²) in [5.74, 6) is 1.93. The zero-order chi connectivity index (χ0) is 13.4. The minimum Gasteiger partial charge on any atom is -0.338 e. The first-order chi connectivity index (χ1) is 9.92. The molecule has 0 radical (unpaired) electrons. The molecule has 104 valence electrons. The summed E-state index contributed by atoms with van der Waals surface area (Å²) >= 11 is 0. The topological polar surface area (TPSA) is 51.0 Å². The molecule has 1 N–H and O–H groups in total. The number of aryl methyl sites for hydroxylation is 1. The molecule has 2 aromatic rings. The van der Waals surface area contributed by atoms with Gasteiger partial charge < -0.3 is 9.84 Å². The molecule has 1 aliphatic carbocycles. The second-order valence-electron chi connectivity index (χ2n) is 5.78. The van der Waals surface area contributed by atoms with Gasteiger partial charge in [-0.3, -0.25) is 0 Å². The molecule has 1 fully saturated rings. The van der Waals surface area contributed by atoms with Crippen molar-refractivity contribution in [3.8, 4) is 0 Å². The van der Waals surface area contributed by atoms with Crippen LogP contribution in [0.3, 0.4) is 0 Å². The standard InChI is InChI=1S/C16H19N3O/c1-2-7-12-11(5-1)6-3-8-13(12)15-18-16(20-19-15)14-9-4-10-17-14/h1-2,5,7,13-14,17H,3-4,6,8-10H2. The number of nitrogens with zero attached hydrogens (tertiary/aromatic N) is 2. The molecule has 0 saturated carbocycles. The third-order valence-electron chi connectivity index (χ3n) is 4.50. The van der Waals surface area contributed by atoms with Gasteiger partial charge in [-0.1, -0.05) is 29.4 Å². The maximum Gasteiger partial charge on any atom is 0.243 e. The maximum absolute atomic E-state index is 5.49. The lowest BCUT2D eigenvalue weighted by molar-refractivity contribution is 0.339. The van der Waals surface area contributed by atoms with Crippen LogP contribution in [-0.4, -0.2) is 16.7 Å². The Morgan fingerprint density at radius 2 is 2.10 bits per heavy atom. The van der Waals surface area contributed by atoms with Crippen LogP contribution in [0.25, 0.3) is 0 Å². The fourth-order valence-electron chi connectivity index (χ4n) is 3.45. The summed E-state index contributed by atoms with van der Waals surface area (Å²) in [4.78, 5) is 4.67. The highest BCUT2D eigenvalue weighted by Crippen LogP contribution is 2.35. The van der Waals surface area contributed by atoms with E-state index in [1.165, 1.54) is 30.4 Å². The van der Waals surface area contributed by atoms with Gasteiger partial charge in [0.2, 0.25) is 5.89 Å². The smallest absolute Gasteiger partial charge is 0.243 e. The fourth-order valence-corrected chi connectivity index (χ4v) is 3.45. The largest absolute Gasteiger partial charge is 0.338 e. The molecular formula is C16H19N3O. The van der Waals surface area contributed by atoms with Crippen LogP contribution in [0.15, 0.2) is 28.8 Å². The molecular weight excluding hydrogens is 250 g/mol. The van der Waals surface area contributed by atoms with E-state index >= 15 is 0 Å². The molecule has 4 rings (SSSR count). The summed E-state index contributed by atoms with van der Waals surface area (Å²) in [5.41, 5.74) is 2.82. The number of rotatable bonds is 2. The predicted octanol–water partition coefficient (Wildman–Crippen LogP) is 2.96. The van der Waals surface area contributed by atoms with Crippen LogP contribution in [0.1, 0.15) is 60.5 Å². The second kappa shape index (κ2) is 5.02. The zero-order valence-corrected chi connectivity index (χ0v) is 11.5. The highest BCUT2D eigenvalue weighted by atomic mass is 16.5. The molecule has 20 heavy (non-hydrogen) atoms. The van der Waals surface area contributed by atoms with E-state index in [4.69, 9.17) is 4.52 Å². The summed E-state index contributed by atoms with van der Waals surface area (Å²) in [6.07, 6.45) is 5.78. The fraction of sp³-hybridized carbons (Fsp3) is 0.500. The summed E-state index contributed by atoms with van der Waals surface area (Å²) in [6, 6.07) is 8.92. The average Bonchev–Trinajstić information content (AvgIpc) is 3.17. The quantitative estimate of drug-likeness (QED) is 0.910. The van der Waals surface area contributed by atoms with Gasteiger partial charge in [0, 0.05) is 5.92 Å². The van der Waals surface area contributed by atoms with Gasteiger partial charge in [-0.15, -0.1) is 0 Å². The Bertz CT molecular complexity index is 601. The van der Waals surface area contributed by atoms with Crippen LogP contribution in [0.2, 0.25) is 0 Å². The molecule has 0 spiro atoms. The van der Waals surface area contributed by atoms with E-state index in [0.717, 1.165) is 31.1 Å². The van der Waals surface area contributed by atoms with Gasteiger partial charge in [-0.25, -0.2) is 0 Å². The Labute approximate surface area is 118 Å². The van der Waals surface area contributed by atoms with E-state index in [9.17, 15) is 0 Å². The summed E-state index contributed by atoms with van der Waals surface area (Å²) < 4.78 is 5.49. The van der Waals surface area contributed by atoms with Crippen molar-refractivity contribution in [2.75, 3.05) is 6.54 Å². The molecule has 1 aromatic carbocycles. The van der Waals surface area contributed by atoms with Crippen molar-refractivity contribution < 1.29 is 4.52 Å². The molecule has 2 heterocycles. The number of benzene rings is 1. The highest BCUT2D eigenvalue weighted by Gasteiger charge is 2.28. The van der Waals surface area contributed by atoms with E-state index in [2.05, 4.69) is 39.7 Å². The molecule has 1 aliphatic heterocycles. The first kappa shape index (κ1) is 12.1. The lowest BCUT2D eigenvalue weighted by Gasteiger charge is -2.22. The van der Waals surface area contributed by atoms with Gasteiger partial charge in [0.15, 0.2) is 5.82 Å². The molecule has 2 unspecified atom stereocenters. The van der Waals surface area contributed by atoms with Crippen molar-refractivity contribution in [1.82, 2.24) is 15.5 Å². The molecule has 4 heteroatoms. The third kappa shape index (κ3) is 2.04. The molecule has 2 atom stereocenters. The zero-order valence-electron chi connectivity index (χ0n) is 11.5. The Kier molecular flexibility index (Phi) is 3.03. The van der Waals surface area contributed by atoms with Crippen molar-refractivity contribution in [3.05, 3.63) is 47.1 Å². The Morgan fingerprint density at radius 3 is 3.00 bits per heavy atom. The number of fused-ring (bicyclic) bond motifs is 1. The first-order valence-electron chi connectivity index (χ1n) is 7.56. The lowest BCUT2D eigenvalue weighted by atomic mass is 9.82. The van der Waals surface area contributed by atoms with Crippen molar-refractivity contribution in [2.24, 2.45) is 0 Å². The molecule has 1 saturated heterocycles. The van der Waals surface area contributed by atoms with Crippen molar-refractivity contribution in [1.29, 1.82) is 0 Å². The molecule has 0 bridgehead atoms. The van der Waals surface area contributed by atoms with Crippen LogP contribution in [0.4, 0.5) is 0 Å². The van der Waals surface area contributed by atoms with E-state index < -0.39 is 0 Å². The third-order valence-corrected chi connectivity index (χ3v) is 4.50. The molecule has 1 aromatic heterocycles. The van der Waals surface area contributed by atoms with Crippen molar-refractivity contribution >= 4 is 0 Å². The second-order valence-corrected chi connectivity index (χ2v) is 5.78. The van der Waals surface area contributed by atoms with Gasteiger partial charge in [0.25, 0.3) is 0 Å². The van der Waals surface area contributed by atoms with E-state index in [0.29, 0.717) is 5.92 Å². The number of hydrogen-bond acceptors (Lipinski definition) is 4. The summed E-state index contributed by atoms with van der Waals surface area (Å²) in [5, 5.41) is 7.67. The van der Waals surface area contributed by atoms with Crippen molar-refractivity contribution in [2.45, 2.75) is 44.1 Å². The molecule has 2 aliphatic rings. The number of nitrogens with one attached hydrogen (secondary N) is 1. The number of aromatic nitrogens is 2. The highest BCUT2D eigenvalue weighted by molar-refractivity contribution is 5.36. The van der Waals surface area contributed by atoms with E-state index in [1.54, 1.807) is 0 Å². The number of hydrogen-bond donors (Lipinski definition) is 1. The van der Waals surface area contributed by atoms with Gasteiger partial charge in [-0.05, 0) is 49.8 Å². The van der Waals surface area contributed by atoms with Crippen molar-refractivity contribution in [3.63, 3.8) is 0 Å². The minimum atomic E-state index is 0.259. The summed E-state index contributed by atoms with van der Waals surface area (Å²) in [6.45, 7) is 1.05. The Hall–Kier alpha value is -1.68. The summed E-state index contributed by atoms with van der Waals surface area (Å²) in [7, 11) is 0. The van der Waals surface area contributed by atoms with Crippen LogP contribution in [0, 0.1) is 0 Å². The van der Waals surface area contributed by atoms with Gasteiger partial charge in [0.05, 0.1) is 6.04 Å². The Balaban J connectivity index is 1.65. The van der Waals surface area contributed by atoms with Gasteiger partial charge >= 0.3 is 0 Å². The maximum atomic E-state index is 5.49. The van der Waals surface area contributed by atoms with Crippen LogP contribution < -0.4 is 5.32 Å². The Morgan fingerprint density at radius 1 is 1.15 bits per heavy atom. The lowest BCUT2D eigenvalue weighted by Crippen LogP contribution is -2.14. The van der Waals surface area contributed by atoms with E-state index in [1.807, 2.05) is 0 Å². The monoisotopic (exact) mass is 269 g/mol. The average molecular weight is 269 g/mol. The normalized spacial score (nSPS) is 25.6. The van der Waals surface area contributed by atoms with Crippen LogP contribution in [-0.2, 0) is 6.42 Å². The van der Waals surface area contributed by atoms with Crippen LogP contribution in [0.5, 0.6) is 0 Å². The first-order valence-corrected chi connectivity index (χ1v) is 7.56. The van der Waals surface area contributed by atoms with Crippen LogP contribution >= 0.6 is 0 Å². The van der Waals surface area contributed by atoms with Gasteiger partial charge in [0.1, 0.15) is 0 Å².